The summed E-state index contributed by atoms with van der Waals surface area (Å²) in [6.07, 6.45) is 1.74. The van der Waals surface area contributed by atoms with Gasteiger partial charge in [0.15, 0.2) is 0 Å². The van der Waals surface area contributed by atoms with Crippen LogP contribution in [0.3, 0.4) is 0 Å². The third-order valence-electron chi connectivity index (χ3n) is 5.62. The fourth-order valence-corrected chi connectivity index (χ4v) is 4.54. The van der Waals surface area contributed by atoms with Crippen LogP contribution in [0.1, 0.15) is 18.7 Å². The summed E-state index contributed by atoms with van der Waals surface area (Å²) in [5.74, 6) is 0.163. The number of para-hydroxylation sites is 1. The van der Waals surface area contributed by atoms with Gasteiger partial charge < -0.3 is 19.0 Å². The van der Waals surface area contributed by atoms with E-state index in [0.717, 1.165) is 24.6 Å². The molecule has 1 aliphatic rings. The maximum Gasteiger partial charge on any atom is 0.277 e. The summed E-state index contributed by atoms with van der Waals surface area (Å²) in [6, 6.07) is 12.8. The van der Waals surface area contributed by atoms with Gasteiger partial charge in [-0.05, 0) is 49.2 Å². The SMILES string of the molecule is O=C(CSc1nnc(-c2ccc(F)cc2)o1)N(Cc1nc2ccccc2c(=O)[nH]1)CC1CCCO1. The van der Waals surface area contributed by atoms with Crippen LogP contribution in [-0.2, 0) is 16.1 Å². The minimum Gasteiger partial charge on any atom is -0.411 e. The van der Waals surface area contributed by atoms with Crippen molar-refractivity contribution in [3.63, 3.8) is 0 Å². The second-order valence-corrected chi connectivity index (χ2v) is 9.03. The normalized spacial score (nSPS) is 15.5. The molecule has 35 heavy (non-hydrogen) atoms. The van der Waals surface area contributed by atoms with Crippen molar-refractivity contribution < 1.29 is 18.3 Å². The van der Waals surface area contributed by atoms with Crippen LogP contribution in [0.4, 0.5) is 4.39 Å². The number of benzene rings is 2. The number of fused-ring (bicyclic) bond motifs is 1. The van der Waals surface area contributed by atoms with Gasteiger partial charge >= 0.3 is 0 Å². The van der Waals surface area contributed by atoms with E-state index in [1.807, 2.05) is 6.07 Å². The van der Waals surface area contributed by atoms with Crippen molar-refractivity contribution in [2.45, 2.75) is 30.7 Å². The molecule has 0 bridgehead atoms. The highest BCUT2D eigenvalue weighted by Gasteiger charge is 2.24. The highest BCUT2D eigenvalue weighted by atomic mass is 32.2. The van der Waals surface area contributed by atoms with E-state index in [1.54, 1.807) is 35.2 Å². The Labute approximate surface area is 203 Å². The Morgan fingerprint density at radius 2 is 2.00 bits per heavy atom. The molecule has 11 heteroatoms. The number of nitrogens with zero attached hydrogens (tertiary/aromatic N) is 4. The van der Waals surface area contributed by atoms with E-state index in [0.29, 0.717) is 35.4 Å². The minimum atomic E-state index is -0.359. The molecule has 2 aromatic carbocycles. The van der Waals surface area contributed by atoms with Crippen molar-refractivity contribution in [2.75, 3.05) is 18.9 Å². The molecule has 1 aliphatic heterocycles. The molecule has 0 radical (unpaired) electrons. The molecule has 1 unspecified atom stereocenters. The number of amides is 1. The molecule has 0 aliphatic carbocycles. The second kappa shape index (κ2) is 10.4. The third kappa shape index (κ3) is 5.57. The number of carbonyl (C=O) groups excluding carboxylic acids is 1. The Hall–Kier alpha value is -3.57. The van der Waals surface area contributed by atoms with Crippen LogP contribution in [0.2, 0.25) is 0 Å². The van der Waals surface area contributed by atoms with Gasteiger partial charge in [-0.15, -0.1) is 10.2 Å². The molecule has 180 valence electrons. The standard InChI is InChI=1S/C24H22FN5O4S/c25-16-9-7-15(8-10-16)23-28-29-24(34-23)35-14-21(31)30(12-17-4-3-11-33-17)13-20-26-19-6-2-1-5-18(19)22(32)27-20/h1-2,5-10,17H,3-4,11-14H2,(H,26,27,32). The number of rotatable bonds is 8. The van der Waals surface area contributed by atoms with E-state index in [2.05, 4.69) is 20.2 Å². The smallest absolute Gasteiger partial charge is 0.277 e. The molecule has 1 saturated heterocycles. The van der Waals surface area contributed by atoms with Gasteiger partial charge in [0.2, 0.25) is 11.8 Å². The van der Waals surface area contributed by atoms with Crippen molar-refractivity contribution in [1.29, 1.82) is 0 Å². The van der Waals surface area contributed by atoms with Gasteiger partial charge in [-0.2, -0.15) is 0 Å². The summed E-state index contributed by atoms with van der Waals surface area (Å²) in [6.45, 7) is 1.20. The lowest BCUT2D eigenvalue weighted by atomic mass is 10.2. The van der Waals surface area contributed by atoms with Crippen molar-refractivity contribution >= 4 is 28.6 Å². The number of aromatic nitrogens is 4. The molecule has 2 aromatic heterocycles. The van der Waals surface area contributed by atoms with Crippen LogP contribution < -0.4 is 5.56 Å². The lowest BCUT2D eigenvalue weighted by molar-refractivity contribution is -0.130. The van der Waals surface area contributed by atoms with Gasteiger partial charge in [-0.25, -0.2) is 9.37 Å². The zero-order chi connectivity index (χ0) is 24.2. The molecular weight excluding hydrogens is 473 g/mol. The first kappa shape index (κ1) is 23.2. The average Bonchev–Trinajstić information content (AvgIpc) is 3.55. The minimum absolute atomic E-state index is 0.0512. The number of ether oxygens (including phenoxy) is 1. The van der Waals surface area contributed by atoms with Gasteiger partial charge in [0.05, 0.1) is 29.3 Å². The van der Waals surface area contributed by atoms with E-state index in [4.69, 9.17) is 9.15 Å². The molecule has 0 saturated carbocycles. The monoisotopic (exact) mass is 495 g/mol. The van der Waals surface area contributed by atoms with E-state index in [-0.39, 0.29) is 46.8 Å². The summed E-state index contributed by atoms with van der Waals surface area (Å²) >= 11 is 1.11. The first-order chi connectivity index (χ1) is 17.0. The molecule has 3 heterocycles. The first-order valence-corrected chi connectivity index (χ1v) is 12.1. The van der Waals surface area contributed by atoms with Crippen molar-refractivity contribution in [3.05, 3.63) is 70.5 Å². The maximum atomic E-state index is 13.2. The van der Waals surface area contributed by atoms with Gasteiger partial charge in [-0.3, -0.25) is 9.59 Å². The highest BCUT2D eigenvalue weighted by Crippen LogP contribution is 2.24. The van der Waals surface area contributed by atoms with Crippen molar-refractivity contribution in [3.8, 4) is 11.5 Å². The van der Waals surface area contributed by atoms with Crippen LogP contribution in [-0.4, -0.2) is 56.0 Å². The predicted octanol–water partition coefficient (Wildman–Crippen LogP) is 3.41. The van der Waals surface area contributed by atoms with Gasteiger partial charge in [-0.1, -0.05) is 23.9 Å². The molecule has 1 N–H and O–H groups in total. The van der Waals surface area contributed by atoms with Crippen LogP contribution in [0, 0.1) is 5.82 Å². The summed E-state index contributed by atoms with van der Waals surface area (Å²) in [4.78, 5) is 34.6. The Balaban J connectivity index is 1.29. The quantitative estimate of drug-likeness (QED) is 0.370. The second-order valence-electron chi connectivity index (χ2n) is 8.11. The van der Waals surface area contributed by atoms with Crippen molar-refractivity contribution in [1.82, 2.24) is 25.1 Å². The number of nitrogens with one attached hydrogen (secondary N) is 1. The van der Waals surface area contributed by atoms with Crippen LogP contribution in [0.25, 0.3) is 22.4 Å². The van der Waals surface area contributed by atoms with E-state index in [1.165, 1.54) is 12.1 Å². The Morgan fingerprint density at radius 1 is 1.17 bits per heavy atom. The fourth-order valence-electron chi connectivity index (χ4n) is 3.87. The summed E-state index contributed by atoms with van der Waals surface area (Å²) < 4.78 is 24.5. The lowest BCUT2D eigenvalue weighted by Gasteiger charge is -2.25. The number of hydrogen-bond acceptors (Lipinski definition) is 8. The predicted molar refractivity (Wildman–Crippen MR) is 127 cm³/mol. The number of thioether (sulfide) groups is 1. The number of aromatic amines is 1. The zero-order valence-electron chi connectivity index (χ0n) is 18.6. The van der Waals surface area contributed by atoms with Gasteiger partial charge in [0.25, 0.3) is 10.8 Å². The maximum absolute atomic E-state index is 13.2. The fraction of sp³-hybridized carbons (Fsp3) is 0.292. The molecule has 9 nitrogen and oxygen atoms in total. The molecule has 5 rings (SSSR count). The molecular formula is C24H22FN5O4S. The van der Waals surface area contributed by atoms with E-state index in [9.17, 15) is 14.0 Å². The van der Waals surface area contributed by atoms with Crippen LogP contribution in [0.15, 0.2) is 63.0 Å². The summed E-state index contributed by atoms with van der Waals surface area (Å²) in [5.41, 5.74) is 0.913. The van der Waals surface area contributed by atoms with Gasteiger partial charge in [0, 0.05) is 18.7 Å². The highest BCUT2D eigenvalue weighted by molar-refractivity contribution is 7.99. The molecule has 1 atom stereocenters. The Bertz CT molecular complexity index is 1380. The topological polar surface area (TPSA) is 114 Å². The molecule has 1 amide bonds. The van der Waals surface area contributed by atoms with E-state index < -0.39 is 0 Å². The molecule has 4 aromatic rings. The Kier molecular flexibility index (Phi) is 6.87. The summed E-state index contributed by atoms with van der Waals surface area (Å²) in [7, 11) is 0. The van der Waals surface area contributed by atoms with Crippen LogP contribution >= 0.6 is 11.8 Å². The number of hydrogen-bond donors (Lipinski definition) is 1. The largest absolute Gasteiger partial charge is 0.411 e. The molecule has 1 fully saturated rings. The third-order valence-corrected chi connectivity index (χ3v) is 6.42. The van der Waals surface area contributed by atoms with Crippen molar-refractivity contribution in [2.24, 2.45) is 0 Å². The number of carbonyl (C=O) groups is 1. The van der Waals surface area contributed by atoms with Gasteiger partial charge in [0.1, 0.15) is 11.6 Å². The van der Waals surface area contributed by atoms with Crippen LogP contribution in [0.5, 0.6) is 0 Å². The summed E-state index contributed by atoms with van der Waals surface area (Å²) in [5, 5.41) is 8.68. The number of halogens is 1. The first-order valence-electron chi connectivity index (χ1n) is 11.1. The Morgan fingerprint density at radius 3 is 2.80 bits per heavy atom. The molecule has 0 spiro atoms. The van der Waals surface area contributed by atoms with E-state index >= 15 is 0 Å². The zero-order valence-corrected chi connectivity index (χ0v) is 19.5. The lowest BCUT2D eigenvalue weighted by Crippen LogP contribution is -2.38. The number of H-pyrrole nitrogens is 1. The average molecular weight is 496 g/mol.